The maximum Gasteiger partial charge on any atom is 0.123 e. The number of benzene rings is 2. The van der Waals surface area contributed by atoms with Crippen LogP contribution in [-0.2, 0) is 12.8 Å². The first-order chi connectivity index (χ1) is 13.4. The van der Waals surface area contributed by atoms with E-state index in [0.717, 1.165) is 36.8 Å². The summed E-state index contributed by atoms with van der Waals surface area (Å²) in [5, 5.41) is 21.9. The van der Waals surface area contributed by atoms with Crippen LogP contribution in [0.1, 0.15) is 49.3 Å². The quantitative estimate of drug-likeness (QED) is 0.583. The third-order valence-electron chi connectivity index (χ3n) is 5.83. The van der Waals surface area contributed by atoms with Crippen LogP contribution in [0.25, 0.3) is 0 Å². The molecular weight excluding hydrogens is 342 g/mol. The molecule has 3 rings (SSSR count). The van der Waals surface area contributed by atoms with Crippen molar-refractivity contribution in [3.63, 3.8) is 0 Å². The fraction of sp³-hybridized carbons (Fsp3) is 0.333. The van der Waals surface area contributed by atoms with E-state index in [1.54, 1.807) is 12.1 Å². The zero-order valence-corrected chi connectivity index (χ0v) is 16.7. The van der Waals surface area contributed by atoms with Crippen LogP contribution in [-0.4, -0.2) is 25.9 Å². The van der Waals surface area contributed by atoms with Crippen molar-refractivity contribution in [3.05, 3.63) is 81.7 Å². The van der Waals surface area contributed by atoms with Crippen LogP contribution in [0, 0.1) is 5.92 Å². The van der Waals surface area contributed by atoms with Gasteiger partial charge in [0.25, 0.3) is 0 Å². The Morgan fingerprint density at radius 3 is 2.21 bits per heavy atom. The summed E-state index contributed by atoms with van der Waals surface area (Å²) in [5.74, 6) is 0.194. The minimum Gasteiger partial charge on any atom is -0.507 e. The number of hydrogen-bond donors (Lipinski definition) is 2. The summed E-state index contributed by atoms with van der Waals surface area (Å²) < 4.78 is 0. The summed E-state index contributed by atoms with van der Waals surface area (Å²) in [6.07, 6.45) is 5.59. The molecule has 0 bridgehead atoms. The van der Waals surface area contributed by atoms with Gasteiger partial charge in [0, 0.05) is 11.5 Å². The minimum atomic E-state index is -0.140. The van der Waals surface area contributed by atoms with E-state index in [0.29, 0.717) is 10.9 Å². The number of hydrogen-bond acceptors (Lipinski definition) is 2. The average molecular weight is 368 g/mol. The fourth-order valence-electron chi connectivity index (χ4n) is 4.15. The molecule has 2 nitrogen and oxygen atoms in total. The Morgan fingerprint density at radius 2 is 1.61 bits per heavy atom. The number of aromatic hydroxyl groups is 2. The summed E-state index contributed by atoms with van der Waals surface area (Å²) in [5.41, 5.74) is 4.88. The molecule has 0 heterocycles. The van der Waals surface area contributed by atoms with Crippen LogP contribution in [0.5, 0.6) is 11.5 Å². The van der Waals surface area contributed by atoms with Gasteiger partial charge in [0.1, 0.15) is 11.5 Å². The molecule has 28 heavy (non-hydrogen) atoms. The third kappa shape index (κ3) is 4.55. The van der Waals surface area contributed by atoms with Gasteiger partial charge in [-0.15, -0.1) is 0 Å². The number of phenolic OH excluding ortho intramolecular Hbond substituents is 2. The molecule has 2 aromatic carbocycles. The molecular formula is C24H26B2O2. The molecule has 0 amide bonds. The van der Waals surface area contributed by atoms with Crippen molar-refractivity contribution in [2.45, 2.75) is 45.4 Å². The standard InChI is InChI=1S/C24H26B2O2/c1-15-8-11-19(16(2)24(25)26)20(12-15)23-21(27)13-18(14-22(23)28)10-9-17-6-4-3-5-7-17/h3-7,12-14,19-20,27-28H,8-11H2,1-2H3. The Bertz CT molecular complexity index is 873. The molecule has 1 aliphatic carbocycles. The second-order valence-corrected chi connectivity index (χ2v) is 7.86. The van der Waals surface area contributed by atoms with E-state index in [2.05, 4.69) is 25.1 Å². The predicted molar refractivity (Wildman–Crippen MR) is 117 cm³/mol. The van der Waals surface area contributed by atoms with Gasteiger partial charge in [-0.1, -0.05) is 47.6 Å². The van der Waals surface area contributed by atoms with E-state index in [4.69, 9.17) is 15.7 Å². The average Bonchev–Trinajstić information content (AvgIpc) is 2.66. The first-order valence-corrected chi connectivity index (χ1v) is 9.84. The molecule has 0 saturated carbocycles. The number of aryl methyl sites for hydroxylation is 2. The molecule has 4 heteroatoms. The lowest BCUT2D eigenvalue weighted by atomic mass is 9.66. The van der Waals surface area contributed by atoms with E-state index in [1.807, 2.05) is 25.1 Å². The Labute approximate surface area is 170 Å². The molecule has 0 fully saturated rings. The normalized spacial score (nSPS) is 19.1. The van der Waals surface area contributed by atoms with Gasteiger partial charge in [0.15, 0.2) is 0 Å². The number of phenols is 2. The minimum absolute atomic E-state index is 0.0701. The second-order valence-electron chi connectivity index (χ2n) is 7.86. The third-order valence-corrected chi connectivity index (χ3v) is 5.83. The first-order valence-electron chi connectivity index (χ1n) is 9.84. The summed E-state index contributed by atoms with van der Waals surface area (Å²) in [7, 11) is 11.7. The predicted octanol–water partition coefficient (Wildman–Crippen LogP) is 4.89. The molecule has 0 aromatic heterocycles. The van der Waals surface area contributed by atoms with E-state index in [9.17, 15) is 10.2 Å². The van der Waals surface area contributed by atoms with Gasteiger partial charge in [-0.25, -0.2) is 0 Å². The summed E-state index contributed by atoms with van der Waals surface area (Å²) in [6.45, 7) is 4.01. The zero-order valence-electron chi connectivity index (χ0n) is 16.7. The topological polar surface area (TPSA) is 40.5 Å². The van der Waals surface area contributed by atoms with Gasteiger partial charge in [-0.3, -0.25) is 0 Å². The first kappa shape index (κ1) is 20.4. The van der Waals surface area contributed by atoms with Crippen LogP contribution < -0.4 is 0 Å². The van der Waals surface area contributed by atoms with Gasteiger partial charge < -0.3 is 10.2 Å². The van der Waals surface area contributed by atoms with E-state index < -0.39 is 0 Å². The van der Waals surface area contributed by atoms with Crippen LogP contribution in [0.4, 0.5) is 0 Å². The molecule has 0 aliphatic heterocycles. The molecule has 0 saturated heterocycles. The Hall–Kier alpha value is -2.35. The molecule has 0 spiro atoms. The smallest absolute Gasteiger partial charge is 0.123 e. The van der Waals surface area contributed by atoms with Crippen LogP contribution >= 0.6 is 0 Å². The lowest BCUT2D eigenvalue weighted by Crippen LogP contribution is -2.19. The molecule has 2 atom stereocenters. The summed E-state index contributed by atoms with van der Waals surface area (Å²) in [4.78, 5) is 0. The summed E-state index contributed by atoms with van der Waals surface area (Å²) in [6, 6.07) is 13.8. The molecule has 4 radical (unpaired) electrons. The van der Waals surface area contributed by atoms with Crippen LogP contribution in [0.3, 0.4) is 0 Å². The van der Waals surface area contributed by atoms with Crippen molar-refractivity contribution in [2.24, 2.45) is 5.92 Å². The van der Waals surface area contributed by atoms with Crippen molar-refractivity contribution in [2.75, 3.05) is 0 Å². The van der Waals surface area contributed by atoms with E-state index in [-0.39, 0.29) is 23.3 Å². The highest BCUT2D eigenvalue weighted by molar-refractivity contribution is 6.48. The lowest BCUT2D eigenvalue weighted by molar-refractivity contribution is 0.405. The van der Waals surface area contributed by atoms with Gasteiger partial charge in [-0.05, 0) is 68.7 Å². The number of allylic oxidation sites excluding steroid dienone is 3. The van der Waals surface area contributed by atoms with Crippen molar-refractivity contribution in [1.82, 2.24) is 0 Å². The highest BCUT2D eigenvalue weighted by atomic mass is 16.3. The zero-order chi connectivity index (χ0) is 20.3. The van der Waals surface area contributed by atoms with E-state index in [1.165, 1.54) is 11.1 Å². The largest absolute Gasteiger partial charge is 0.507 e. The van der Waals surface area contributed by atoms with Crippen LogP contribution in [0.15, 0.2) is 65.1 Å². The van der Waals surface area contributed by atoms with Crippen LogP contribution in [0.2, 0.25) is 0 Å². The lowest BCUT2D eigenvalue weighted by Gasteiger charge is -2.33. The van der Waals surface area contributed by atoms with Crippen molar-refractivity contribution in [3.8, 4) is 11.5 Å². The molecule has 1 aliphatic rings. The monoisotopic (exact) mass is 368 g/mol. The van der Waals surface area contributed by atoms with Crippen molar-refractivity contribution < 1.29 is 10.2 Å². The fourth-order valence-corrected chi connectivity index (χ4v) is 4.15. The molecule has 140 valence electrons. The van der Waals surface area contributed by atoms with Gasteiger partial charge >= 0.3 is 0 Å². The maximum absolute atomic E-state index is 10.8. The van der Waals surface area contributed by atoms with Gasteiger partial charge in [-0.2, -0.15) is 5.37 Å². The van der Waals surface area contributed by atoms with Gasteiger partial charge in [0.2, 0.25) is 0 Å². The Morgan fingerprint density at radius 1 is 1.00 bits per heavy atom. The van der Waals surface area contributed by atoms with Gasteiger partial charge in [0.05, 0.1) is 15.7 Å². The maximum atomic E-state index is 10.8. The van der Waals surface area contributed by atoms with Crippen molar-refractivity contribution >= 4 is 15.7 Å². The van der Waals surface area contributed by atoms with E-state index >= 15 is 0 Å². The molecule has 2 N–H and O–H groups in total. The Balaban J connectivity index is 1.90. The highest BCUT2D eigenvalue weighted by Crippen LogP contribution is 2.47. The van der Waals surface area contributed by atoms with Crippen molar-refractivity contribution in [1.29, 1.82) is 0 Å². The molecule has 2 unspecified atom stereocenters. The Kier molecular flexibility index (Phi) is 6.38. The highest BCUT2D eigenvalue weighted by Gasteiger charge is 2.30. The second kappa shape index (κ2) is 8.77. The molecule has 2 aromatic rings. The SMILES string of the molecule is [B]C([B])=C(C)C1CCC(C)=CC1c1c(O)cc(CCc2ccccc2)cc1O. The summed E-state index contributed by atoms with van der Waals surface area (Å²) >= 11 is 0. The number of rotatable bonds is 5.